The summed E-state index contributed by atoms with van der Waals surface area (Å²) in [5, 5.41) is 6.59. The van der Waals surface area contributed by atoms with Gasteiger partial charge in [0.2, 0.25) is 5.95 Å². The Balaban J connectivity index is 1.46. The first-order chi connectivity index (χ1) is 10.7. The van der Waals surface area contributed by atoms with Gasteiger partial charge >= 0.3 is 0 Å². The molecule has 2 aromatic heterocycles. The van der Waals surface area contributed by atoms with Crippen molar-refractivity contribution < 1.29 is 9.32 Å². The fourth-order valence-corrected chi connectivity index (χ4v) is 2.64. The van der Waals surface area contributed by atoms with Gasteiger partial charge in [-0.3, -0.25) is 4.79 Å². The molecule has 0 saturated carbocycles. The van der Waals surface area contributed by atoms with Crippen LogP contribution in [0.25, 0.3) is 0 Å². The highest BCUT2D eigenvalue weighted by Crippen LogP contribution is 2.19. The summed E-state index contributed by atoms with van der Waals surface area (Å²) in [6.07, 6.45) is 7.01. The van der Waals surface area contributed by atoms with Crippen molar-refractivity contribution in [3.63, 3.8) is 0 Å². The molecule has 1 amide bonds. The second kappa shape index (κ2) is 6.55. The van der Waals surface area contributed by atoms with Crippen LogP contribution in [-0.2, 0) is 0 Å². The molecule has 0 radical (unpaired) electrons. The van der Waals surface area contributed by atoms with Gasteiger partial charge in [-0.2, -0.15) is 0 Å². The maximum absolute atomic E-state index is 12.0. The van der Waals surface area contributed by atoms with Crippen LogP contribution in [0.5, 0.6) is 0 Å². The molecule has 3 rings (SSSR count). The van der Waals surface area contributed by atoms with Crippen molar-refractivity contribution in [2.75, 3.05) is 24.5 Å². The highest BCUT2D eigenvalue weighted by Gasteiger charge is 2.22. The van der Waals surface area contributed by atoms with Crippen LogP contribution in [0.3, 0.4) is 0 Å². The zero-order valence-corrected chi connectivity index (χ0v) is 12.5. The van der Waals surface area contributed by atoms with Gasteiger partial charge in [0, 0.05) is 32.0 Å². The van der Waals surface area contributed by atoms with Gasteiger partial charge in [0.1, 0.15) is 11.3 Å². The van der Waals surface area contributed by atoms with Crippen LogP contribution in [0.1, 0.15) is 29.0 Å². The van der Waals surface area contributed by atoms with Gasteiger partial charge < -0.3 is 14.7 Å². The van der Waals surface area contributed by atoms with E-state index in [0.29, 0.717) is 23.8 Å². The molecule has 1 N–H and O–H groups in total. The van der Waals surface area contributed by atoms with Gasteiger partial charge in [-0.1, -0.05) is 5.16 Å². The minimum absolute atomic E-state index is 0.118. The molecule has 1 aliphatic rings. The van der Waals surface area contributed by atoms with Crippen LogP contribution in [0.2, 0.25) is 0 Å². The highest BCUT2D eigenvalue weighted by molar-refractivity contribution is 5.94. The highest BCUT2D eigenvalue weighted by atomic mass is 16.5. The minimum atomic E-state index is -0.118. The number of hydrogen-bond acceptors (Lipinski definition) is 6. The Hall–Kier alpha value is -2.44. The van der Waals surface area contributed by atoms with Crippen molar-refractivity contribution >= 4 is 11.9 Å². The largest absolute Gasteiger partial charge is 0.361 e. The third-order valence-corrected chi connectivity index (χ3v) is 4.00. The predicted octanol–water partition coefficient (Wildman–Crippen LogP) is 1.42. The van der Waals surface area contributed by atoms with E-state index in [0.717, 1.165) is 31.9 Å². The Morgan fingerprint density at radius 1 is 1.36 bits per heavy atom. The number of aryl methyl sites for hydroxylation is 1. The standard InChI is InChI=1S/C15H19N5O2/c1-11-13(10-19-22-11)14(21)18-9-12-3-7-20(8-4-12)15-16-5-2-6-17-15/h2,5-6,10,12H,3-4,7-9H2,1H3,(H,18,21). The van der Waals surface area contributed by atoms with Crippen LogP contribution in [0, 0.1) is 12.8 Å². The van der Waals surface area contributed by atoms with Gasteiger partial charge in [-0.05, 0) is 31.7 Å². The fourth-order valence-electron chi connectivity index (χ4n) is 2.64. The van der Waals surface area contributed by atoms with Gasteiger partial charge in [-0.15, -0.1) is 0 Å². The second-order valence-corrected chi connectivity index (χ2v) is 5.48. The van der Waals surface area contributed by atoms with Gasteiger partial charge in [0.15, 0.2) is 0 Å². The SMILES string of the molecule is Cc1oncc1C(=O)NCC1CCN(c2ncccn2)CC1. The molecule has 0 atom stereocenters. The number of nitrogens with zero attached hydrogens (tertiary/aromatic N) is 4. The molecule has 0 aromatic carbocycles. The molecule has 0 unspecified atom stereocenters. The summed E-state index contributed by atoms with van der Waals surface area (Å²) in [6.45, 7) is 4.24. The Kier molecular flexibility index (Phi) is 4.32. The monoisotopic (exact) mass is 301 g/mol. The third kappa shape index (κ3) is 3.24. The lowest BCUT2D eigenvalue weighted by molar-refractivity contribution is 0.0943. The van der Waals surface area contributed by atoms with E-state index in [4.69, 9.17) is 4.52 Å². The summed E-state index contributed by atoms with van der Waals surface area (Å²) in [5.41, 5.74) is 0.509. The summed E-state index contributed by atoms with van der Waals surface area (Å²) >= 11 is 0. The number of aromatic nitrogens is 3. The normalized spacial score (nSPS) is 15.8. The Labute approximate surface area is 128 Å². The molecule has 2 aromatic rings. The average molecular weight is 301 g/mol. The first kappa shape index (κ1) is 14.5. The number of rotatable bonds is 4. The summed E-state index contributed by atoms with van der Waals surface area (Å²) in [7, 11) is 0. The lowest BCUT2D eigenvalue weighted by Gasteiger charge is -2.31. The summed E-state index contributed by atoms with van der Waals surface area (Å²) in [5.74, 6) is 1.69. The van der Waals surface area contributed by atoms with E-state index in [1.54, 1.807) is 19.3 Å². The van der Waals surface area contributed by atoms with E-state index in [1.165, 1.54) is 6.20 Å². The molecule has 0 bridgehead atoms. The van der Waals surface area contributed by atoms with E-state index in [-0.39, 0.29) is 5.91 Å². The van der Waals surface area contributed by atoms with Crippen molar-refractivity contribution in [1.29, 1.82) is 0 Å². The topological polar surface area (TPSA) is 84.2 Å². The van der Waals surface area contributed by atoms with Crippen molar-refractivity contribution in [3.8, 4) is 0 Å². The molecular weight excluding hydrogens is 282 g/mol. The smallest absolute Gasteiger partial charge is 0.256 e. The van der Waals surface area contributed by atoms with E-state index in [2.05, 4.69) is 25.3 Å². The summed E-state index contributed by atoms with van der Waals surface area (Å²) in [4.78, 5) is 22.7. The lowest BCUT2D eigenvalue weighted by atomic mass is 9.97. The molecule has 0 aliphatic carbocycles. The van der Waals surface area contributed by atoms with Crippen LogP contribution in [-0.4, -0.2) is 40.7 Å². The zero-order valence-electron chi connectivity index (χ0n) is 12.5. The molecule has 1 fully saturated rings. The van der Waals surface area contributed by atoms with Gasteiger partial charge in [-0.25, -0.2) is 9.97 Å². The van der Waals surface area contributed by atoms with E-state index < -0.39 is 0 Å². The summed E-state index contributed by atoms with van der Waals surface area (Å²) in [6, 6.07) is 1.82. The van der Waals surface area contributed by atoms with Crippen LogP contribution < -0.4 is 10.2 Å². The molecule has 1 saturated heterocycles. The number of carbonyl (C=O) groups excluding carboxylic acids is 1. The number of hydrogen-bond donors (Lipinski definition) is 1. The van der Waals surface area contributed by atoms with Gasteiger partial charge in [0.25, 0.3) is 5.91 Å². The molecule has 7 nitrogen and oxygen atoms in total. The summed E-state index contributed by atoms with van der Waals surface area (Å²) < 4.78 is 4.91. The molecule has 7 heteroatoms. The number of carbonyl (C=O) groups is 1. The molecule has 116 valence electrons. The van der Waals surface area contributed by atoms with Crippen molar-refractivity contribution in [2.45, 2.75) is 19.8 Å². The molecule has 3 heterocycles. The predicted molar refractivity (Wildman–Crippen MR) is 80.5 cm³/mol. The number of anilines is 1. The first-order valence-corrected chi connectivity index (χ1v) is 7.45. The van der Waals surface area contributed by atoms with E-state index in [1.807, 2.05) is 6.07 Å². The molecule has 1 aliphatic heterocycles. The Morgan fingerprint density at radius 3 is 2.73 bits per heavy atom. The van der Waals surface area contributed by atoms with Crippen LogP contribution in [0.15, 0.2) is 29.2 Å². The van der Waals surface area contributed by atoms with E-state index in [9.17, 15) is 4.79 Å². The molecule has 0 spiro atoms. The van der Waals surface area contributed by atoms with Crippen LogP contribution >= 0.6 is 0 Å². The first-order valence-electron chi connectivity index (χ1n) is 7.45. The quantitative estimate of drug-likeness (QED) is 0.919. The van der Waals surface area contributed by atoms with Gasteiger partial charge in [0.05, 0.1) is 6.20 Å². The van der Waals surface area contributed by atoms with E-state index >= 15 is 0 Å². The van der Waals surface area contributed by atoms with Crippen LogP contribution in [0.4, 0.5) is 5.95 Å². The van der Waals surface area contributed by atoms with Crippen molar-refractivity contribution in [1.82, 2.24) is 20.4 Å². The molecular formula is C15H19N5O2. The van der Waals surface area contributed by atoms with Crippen molar-refractivity contribution in [3.05, 3.63) is 36.0 Å². The number of nitrogens with one attached hydrogen (secondary N) is 1. The maximum atomic E-state index is 12.0. The zero-order chi connectivity index (χ0) is 15.4. The second-order valence-electron chi connectivity index (χ2n) is 5.48. The average Bonchev–Trinajstić information content (AvgIpc) is 3.00. The lowest BCUT2D eigenvalue weighted by Crippen LogP contribution is -2.39. The fraction of sp³-hybridized carbons (Fsp3) is 0.467. The Bertz CT molecular complexity index is 620. The Morgan fingerprint density at radius 2 is 2.09 bits per heavy atom. The maximum Gasteiger partial charge on any atom is 0.256 e. The molecule has 22 heavy (non-hydrogen) atoms. The van der Waals surface area contributed by atoms with Crippen molar-refractivity contribution in [2.24, 2.45) is 5.92 Å². The number of piperidine rings is 1. The minimum Gasteiger partial charge on any atom is -0.361 e. The number of amides is 1. The third-order valence-electron chi connectivity index (χ3n) is 4.00.